The van der Waals surface area contributed by atoms with Gasteiger partial charge in [0.1, 0.15) is 5.75 Å². The summed E-state index contributed by atoms with van der Waals surface area (Å²) in [4.78, 5) is 12.2. The summed E-state index contributed by atoms with van der Waals surface area (Å²) < 4.78 is 5.93. The van der Waals surface area contributed by atoms with Crippen molar-refractivity contribution in [1.82, 2.24) is 0 Å². The average Bonchev–Trinajstić information content (AvgIpc) is 2.48. The predicted octanol–water partition coefficient (Wildman–Crippen LogP) is 3.87. The Morgan fingerprint density at radius 1 is 1.24 bits per heavy atom. The Morgan fingerprint density at radius 2 is 1.90 bits per heavy atom. The first kappa shape index (κ1) is 15.4. The number of nitrogens with one attached hydrogen (secondary N) is 1. The molecular formula is C16H16BrNO3. The number of anilines is 1. The van der Waals surface area contributed by atoms with Crippen molar-refractivity contribution >= 4 is 27.6 Å². The molecule has 1 unspecified atom stereocenters. The maximum Gasteiger partial charge on any atom is 0.333 e. The van der Waals surface area contributed by atoms with Crippen molar-refractivity contribution in [2.75, 3.05) is 11.9 Å². The molecule has 0 aliphatic heterocycles. The molecule has 0 bridgehead atoms. The topological polar surface area (TPSA) is 58.6 Å². The van der Waals surface area contributed by atoms with Crippen molar-refractivity contribution in [2.45, 2.75) is 13.0 Å². The first-order valence-corrected chi connectivity index (χ1v) is 7.38. The molecule has 0 radical (unpaired) electrons. The quantitative estimate of drug-likeness (QED) is 0.804. The van der Waals surface area contributed by atoms with Crippen LogP contribution in [0.25, 0.3) is 0 Å². The first-order valence-electron chi connectivity index (χ1n) is 6.59. The van der Waals surface area contributed by atoms with Crippen molar-refractivity contribution in [2.24, 2.45) is 0 Å². The minimum atomic E-state index is -0.773. The first-order chi connectivity index (χ1) is 10.1. The van der Waals surface area contributed by atoms with Crippen LogP contribution >= 0.6 is 15.9 Å². The number of benzene rings is 2. The number of carbonyl (C=O) groups excluding carboxylic acids is 1. The van der Waals surface area contributed by atoms with Gasteiger partial charge in [0.2, 0.25) is 0 Å². The van der Waals surface area contributed by atoms with Gasteiger partial charge in [-0.25, -0.2) is 4.79 Å². The largest absolute Gasteiger partial charge is 0.508 e. The lowest BCUT2D eigenvalue weighted by atomic mass is 10.1. The van der Waals surface area contributed by atoms with Crippen LogP contribution in [-0.4, -0.2) is 17.7 Å². The van der Waals surface area contributed by atoms with E-state index in [0.717, 1.165) is 10.2 Å². The fourth-order valence-corrected chi connectivity index (χ4v) is 2.35. The summed E-state index contributed by atoms with van der Waals surface area (Å²) in [6.45, 7) is 2.03. The van der Waals surface area contributed by atoms with E-state index in [2.05, 4.69) is 21.2 Å². The number of esters is 1. The number of hydrogen-bond donors (Lipinski definition) is 2. The van der Waals surface area contributed by atoms with Crippen LogP contribution < -0.4 is 5.32 Å². The Kier molecular flexibility index (Phi) is 5.22. The number of hydrogen-bond acceptors (Lipinski definition) is 4. The van der Waals surface area contributed by atoms with Gasteiger partial charge in [-0.05, 0) is 41.1 Å². The predicted molar refractivity (Wildman–Crippen MR) is 85.2 cm³/mol. The average molecular weight is 350 g/mol. The molecule has 0 aromatic heterocycles. The van der Waals surface area contributed by atoms with Gasteiger partial charge in [-0.1, -0.05) is 30.3 Å². The molecule has 110 valence electrons. The summed E-state index contributed by atoms with van der Waals surface area (Å²) in [5, 5.41) is 13.1. The molecule has 0 heterocycles. The molecule has 2 N–H and O–H groups in total. The highest BCUT2D eigenvalue weighted by atomic mass is 79.9. The molecule has 5 heteroatoms. The molecule has 21 heavy (non-hydrogen) atoms. The van der Waals surface area contributed by atoms with Crippen LogP contribution in [0.2, 0.25) is 0 Å². The van der Waals surface area contributed by atoms with Gasteiger partial charge in [-0.2, -0.15) is 0 Å². The molecule has 2 aromatic rings. The highest BCUT2D eigenvalue weighted by Gasteiger charge is 2.25. The third-order valence-electron chi connectivity index (χ3n) is 2.94. The summed E-state index contributed by atoms with van der Waals surface area (Å²) in [6.07, 6.45) is 0. The third kappa shape index (κ3) is 3.76. The summed E-state index contributed by atoms with van der Waals surface area (Å²) in [5.41, 5.74) is 1.23. The van der Waals surface area contributed by atoms with E-state index in [4.69, 9.17) is 4.74 Å². The molecule has 0 aliphatic rings. The number of ether oxygens (including phenoxy) is 1. The Labute approximate surface area is 131 Å². The minimum absolute atomic E-state index is 0.0510. The Morgan fingerprint density at radius 3 is 2.57 bits per heavy atom. The summed E-state index contributed by atoms with van der Waals surface area (Å²) >= 11 is 3.43. The van der Waals surface area contributed by atoms with Gasteiger partial charge in [0.05, 0.1) is 6.61 Å². The molecule has 2 aromatic carbocycles. The number of rotatable bonds is 5. The van der Waals surface area contributed by atoms with Crippen LogP contribution in [0, 0.1) is 0 Å². The zero-order valence-corrected chi connectivity index (χ0v) is 13.1. The molecule has 0 saturated carbocycles. The molecule has 0 spiro atoms. The number of phenolic OH excluding ortho intramolecular Hbond substituents is 1. The maximum absolute atomic E-state index is 12.2. The highest BCUT2D eigenvalue weighted by molar-refractivity contribution is 9.10. The number of carbonyl (C=O) groups is 1. The van der Waals surface area contributed by atoms with Gasteiger partial charge >= 0.3 is 5.97 Å². The lowest BCUT2D eigenvalue weighted by molar-refractivity contribution is -0.144. The monoisotopic (exact) mass is 349 g/mol. The van der Waals surface area contributed by atoms with E-state index in [1.54, 1.807) is 31.2 Å². The molecule has 2 rings (SSSR count). The molecule has 0 fully saturated rings. The van der Waals surface area contributed by atoms with Crippen molar-refractivity contribution in [3.8, 4) is 5.75 Å². The van der Waals surface area contributed by atoms with Crippen LogP contribution in [0.3, 0.4) is 0 Å². The lowest BCUT2D eigenvalue weighted by Crippen LogP contribution is -2.23. The third-order valence-corrected chi connectivity index (χ3v) is 3.64. The Hall–Kier alpha value is -2.01. The van der Waals surface area contributed by atoms with Crippen LogP contribution in [0.15, 0.2) is 53.0 Å². The zero-order chi connectivity index (χ0) is 15.2. The van der Waals surface area contributed by atoms with E-state index in [0.29, 0.717) is 5.56 Å². The highest BCUT2D eigenvalue weighted by Crippen LogP contribution is 2.31. The summed E-state index contributed by atoms with van der Waals surface area (Å²) in [5.74, 6) is -0.384. The van der Waals surface area contributed by atoms with Gasteiger partial charge in [0, 0.05) is 15.7 Å². The van der Waals surface area contributed by atoms with E-state index >= 15 is 0 Å². The molecule has 0 aliphatic carbocycles. The van der Waals surface area contributed by atoms with Gasteiger partial charge in [-0.3, -0.25) is 0 Å². The SMILES string of the molecule is CCOC(=O)C(Nc1ccccc1Br)c1ccccc1O. The standard InChI is InChI=1S/C16H16BrNO3/c1-2-21-16(20)15(11-7-3-6-10-14(11)19)18-13-9-5-4-8-12(13)17/h3-10,15,18-19H,2H2,1H3. The van der Waals surface area contributed by atoms with E-state index in [9.17, 15) is 9.90 Å². The van der Waals surface area contributed by atoms with E-state index < -0.39 is 12.0 Å². The second-order valence-electron chi connectivity index (χ2n) is 4.37. The smallest absolute Gasteiger partial charge is 0.333 e. The van der Waals surface area contributed by atoms with Gasteiger partial charge in [0.15, 0.2) is 6.04 Å². The normalized spacial score (nSPS) is 11.7. The number of phenols is 1. The van der Waals surface area contributed by atoms with E-state index in [1.807, 2.05) is 24.3 Å². The second kappa shape index (κ2) is 7.13. The summed E-state index contributed by atoms with van der Waals surface area (Å²) in [6, 6.07) is 13.4. The molecular weight excluding hydrogens is 334 g/mol. The Balaban J connectivity index is 2.36. The van der Waals surface area contributed by atoms with Crippen molar-refractivity contribution in [3.63, 3.8) is 0 Å². The van der Waals surface area contributed by atoms with Crippen molar-refractivity contribution in [1.29, 1.82) is 0 Å². The molecule has 1 atom stereocenters. The Bertz CT molecular complexity index is 630. The zero-order valence-electron chi connectivity index (χ0n) is 11.5. The van der Waals surface area contributed by atoms with E-state index in [1.165, 1.54) is 0 Å². The fraction of sp³-hybridized carbons (Fsp3) is 0.188. The van der Waals surface area contributed by atoms with Crippen LogP contribution in [0.1, 0.15) is 18.5 Å². The van der Waals surface area contributed by atoms with E-state index in [-0.39, 0.29) is 12.4 Å². The number of aromatic hydroxyl groups is 1. The lowest BCUT2D eigenvalue weighted by Gasteiger charge is -2.20. The molecule has 4 nitrogen and oxygen atoms in total. The van der Waals surface area contributed by atoms with Crippen molar-refractivity contribution in [3.05, 3.63) is 58.6 Å². The van der Waals surface area contributed by atoms with Crippen LogP contribution in [0.4, 0.5) is 5.69 Å². The second-order valence-corrected chi connectivity index (χ2v) is 5.22. The van der Waals surface area contributed by atoms with Gasteiger partial charge in [0.25, 0.3) is 0 Å². The van der Waals surface area contributed by atoms with Crippen molar-refractivity contribution < 1.29 is 14.6 Å². The summed E-state index contributed by atoms with van der Waals surface area (Å²) in [7, 11) is 0. The fourth-order valence-electron chi connectivity index (χ4n) is 1.95. The van der Waals surface area contributed by atoms with Crippen LogP contribution in [-0.2, 0) is 9.53 Å². The van der Waals surface area contributed by atoms with Crippen LogP contribution in [0.5, 0.6) is 5.75 Å². The van der Waals surface area contributed by atoms with Gasteiger partial charge in [-0.15, -0.1) is 0 Å². The minimum Gasteiger partial charge on any atom is -0.508 e. The number of para-hydroxylation sites is 2. The molecule has 0 amide bonds. The molecule has 0 saturated heterocycles. The van der Waals surface area contributed by atoms with Gasteiger partial charge < -0.3 is 15.2 Å². The number of halogens is 1. The maximum atomic E-state index is 12.2.